The third-order valence-corrected chi connectivity index (χ3v) is 4.72. The number of hydrogen-bond acceptors (Lipinski definition) is 2. The molecule has 1 aromatic carbocycles. The molecule has 1 fully saturated rings. The molecule has 0 heterocycles. The van der Waals surface area contributed by atoms with Crippen LogP contribution in [0.3, 0.4) is 0 Å². The normalized spacial score (nSPS) is 26.8. The molecule has 3 unspecified atom stereocenters. The molecule has 2 heteroatoms. The first kappa shape index (κ1) is 16.5. The lowest BCUT2D eigenvalue weighted by atomic mass is 9.79. The van der Waals surface area contributed by atoms with E-state index >= 15 is 0 Å². The zero-order chi connectivity index (χ0) is 15.4. The summed E-state index contributed by atoms with van der Waals surface area (Å²) in [6.07, 6.45) is 2.93. The van der Waals surface area contributed by atoms with Gasteiger partial charge < -0.3 is 5.11 Å². The van der Waals surface area contributed by atoms with Crippen molar-refractivity contribution in [1.29, 1.82) is 0 Å². The highest BCUT2D eigenvalue weighted by molar-refractivity contribution is 5.20. The molecule has 2 nitrogen and oxygen atoms in total. The molecule has 1 aliphatic carbocycles. The lowest BCUT2D eigenvalue weighted by Gasteiger charge is -2.43. The summed E-state index contributed by atoms with van der Waals surface area (Å²) >= 11 is 0. The van der Waals surface area contributed by atoms with Crippen molar-refractivity contribution in [3.63, 3.8) is 0 Å². The van der Waals surface area contributed by atoms with Crippen LogP contribution in [0.1, 0.15) is 58.4 Å². The van der Waals surface area contributed by atoms with Crippen LogP contribution in [-0.2, 0) is 0 Å². The zero-order valence-electron chi connectivity index (χ0n) is 14.0. The van der Waals surface area contributed by atoms with Crippen molar-refractivity contribution in [1.82, 2.24) is 4.90 Å². The molecule has 21 heavy (non-hydrogen) atoms. The summed E-state index contributed by atoms with van der Waals surface area (Å²) in [7, 11) is 0. The van der Waals surface area contributed by atoms with Gasteiger partial charge in [-0.15, -0.1) is 0 Å². The number of rotatable bonds is 5. The van der Waals surface area contributed by atoms with Crippen molar-refractivity contribution in [3.8, 4) is 0 Å². The maximum atomic E-state index is 10.5. The van der Waals surface area contributed by atoms with Gasteiger partial charge in [-0.1, -0.05) is 44.2 Å². The number of aliphatic hydroxyl groups is 1. The Labute approximate surface area is 130 Å². The van der Waals surface area contributed by atoms with Crippen LogP contribution in [0.15, 0.2) is 30.3 Å². The number of aliphatic hydroxyl groups excluding tert-OH is 1. The fourth-order valence-electron chi connectivity index (χ4n) is 3.67. The van der Waals surface area contributed by atoms with Crippen molar-refractivity contribution < 1.29 is 5.11 Å². The molecule has 1 N–H and O–H groups in total. The molecule has 0 saturated heterocycles. The molecule has 0 aliphatic heterocycles. The molecule has 1 aromatic rings. The molecule has 3 atom stereocenters. The Kier molecular flexibility index (Phi) is 5.83. The fraction of sp³-hybridized carbons (Fsp3) is 0.684. The van der Waals surface area contributed by atoms with E-state index in [1.54, 1.807) is 0 Å². The van der Waals surface area contributed by atoms with E-state index in [0.29, 0.717) is 23.9 Å². The molecular formula is C19H31NO. The first-order valence-corrected chi connectivity index (χ1v) is 8.47. The average Bonchev–Trinajstić information content (AvgIpc) is 2.46. The zero-order valence-corrected chi connectivity index (χ0v) is 14.0. The Hall–Kier alpha value is -0.860. The van der Waals surface area contributed by atoms with Crippen LogP contribution in [0.4, 0.5) is 0 Å². The largest absolute Gasteiger partial charge is 0.391 e. The van der Waals surface area contributed by atoms with Gasteiger partial charge in [-0.2, -0.15) is 0 Å². The summed E-state index contributed by atoms with van der Waals surface area (Å²) in [5.74, 6) is 1.23. The van der Waals surface area contributed by atoms with Crippen molar-refractivity contribution in [3.05, 3.63) is 35.9 Å². The van der Waals surface area contributed by atoms with E-state index in [2.05, 4.69) is 62.9 Å². The van der Waals surface area contributed by atoms with E-state index < -0.39 is 0 Å². The van der Waals surface area contributed by atoms with Gasteiger partial charge in [-0.3, -0.25) is 4.90 Å². The molecule has 0 aromatic heterocycles. The van der Waals surface area contributed by atoms with E-state index in [0.717, 1.165) is 25.8 Å². The number of nitrogens with zero attached hydrogens (tertiary/aromatic N) is 1. The molecule has 0 amide bonds. The van der Waals surface area contributed by atoms with E-state index in [-0.39, 0.29) is 6.10 Å². The van der Waals surface area contributed by atoms with Gasteiger partial charge >= 0.3 is 0 Å². The van der Waals surface area contributed by atoms with E-state index in [1.165, 1.54) is 5.56 Å². The van der Waals surface area contributed by atoms with Crippen molar-refractivity contribution in [2.75, 3.05) is 6.54 Å². The van der Waals surface area contributed by atoms with Gasteiger partial charge in [0.1, 0.15) is 0 Å². The Morgan fingerprint density at radius 2 is 1.76 bits per heavy atom. The van der Waals surface area contributed by atoms with Crippen molar-refractivity contribution >= 4 is 0 Å². The highest BCUT2D eigenvalue weighted by Crippen LogP contribution is 2.36. The summed E-state index contributed by atoms with van der Waals surface area (Å²) < 4.78 is 0. The van der Waals surface area contributed by atoms with Gasteiger partial charge in [0.25, 0.3) is 0 Å². The van der Waals surface area contributed by atoms with Gasteiger partial charge in [0.2, 0.25) is 0 Å². The minimum Gasteiger partial charge on any atom is -0.391 e. The van der Waals surface area contributed by atoms with Crippen LogP contribution >= 0.6 is 0 Å². The van der Waals surface area contributed by atoms with Gasteiger partial charge in [0, 0.05) is 18.6 Å². The highest BCUT2D eigenvalue weighted by Gasteiger charge is 2.35. The molecule has 118 valence electrons. The number of hydrogen-bond donors (Lipinski definition) is 1. The molecule has 0 spiro atoms. The van der Waals surface area contributed by atoms with Crippen LogP contribution in [0.2, 0.25) is 0 Å². The van der Waals surface area contributed by atoms with Gasteiger partial charge in [0.15, 0.2) is 0 Å². The van der Waals surface area contributed by atoms with Crippen LogP contribution in [-0.4, -0.2) is 34.7 Å². The summed E-state index contributed by atoms with van der Waals surface area (Å²) in [5, 5.41) is 10.5. The fourth-order valence-corrected chi connectivity index (χ4v) is 3.67. The Balaban J connectivity index is 2.13. The summed E-state index contributed by atoms with van der Waals surface area (Å²) in [6.45, 7) is 10.1. The van der Waals surface area contributed by atoms with Gasteiger partial charge in [0.05, 0.1) is 6.10 Å². The quantitative estimate of drug-likeness (QED) is 0.884. The van der Waals surface area contributed by atoms with Crippen LogP contribution in [0, 0.1) is 5.92 Å². The second kappa shape index (κ2) is 7.42. The molecular weight excluding hydrogens is 258 g/mol. The van der Waals surface area contributed by atoms with E-state index in [9.17, 15) is 5.11 Å². The van der Waals surface area contributed by atoms with Gasteiger partial charge in [-0.25, -0.2) is 0 Å². The third-order valence-electron chi connectivity index (χ3n) is 4.72. The maximum absolute atomic E-state index is 10.5. The van der Waals surface area contributed by atoms with Crippen molar-refractivity contribution in [2.24, 2.45) is 5.92 Å². The van der Waals surface area contributed by atoms with Crippen LogP contribution < -0.4 is 0 Å². The Morgan fingerprint density at radius 1 is 1.10 bits per heavy atom. The van der Waals surface area contributed by atoms with Crippen LogP contribution in [0.5, 0.6) is 0 Å². The lowest BCUT2D eigenvalue weighted by molar-refractivity contribution is -0.00614. The Morgan fingerprint density at radius 3 is 2.33 bits per heavy atom. The second-order valence-electron chi connectivity index (χ2n) is 7.24. The molecule has 1 saturated carbocycles. The summed E-state index contributed by atoms with van der Waals surface area (Å²) in [4.78, 5) is 2.52. The van der Waals surface area contributed by atoms with E-state index in [4.69, 9.17) is 0 Å². The predicted molar refractivity (Wildman–Crippen MR) is 89.5 cm³/mol. The topological polar surface area (TPSA) is 23.5 Å². The molecule has 0 radical (unpaired) electrons. The average molecular weight is 289 g/mol. The Bertz CT molecular complexity index is 415. The summed E-state index contributed by atoms with van der Waals surface area (Å²) in [6, 6.07) is 11.6. The first-order chi connectivity index (χ1) is 9.99. The SMILES string of the molecule is CC(C)CN(C(C)C)C1CC(c2ccccc2)CCC1O. The predicted octanol–water partition coefficient (Wildman–Crippen LogP) is 4.05. The monoisotopic (exact) mass is 289 g/mol. The third kappa shape index (κ3) is 4.31. The number of benzene rings is 1. The van der Waals surface area contributed by atoms with E-state index in [1.807, 2.05) is 0 Å². The minimum atomic E-state index is -0.175. The van der Waals surface area contributed by atoms with Crippen LogP contribution in [0.25, 0.3) is 0 Å². The first-order valence-electron chi connectivity index (χ1n) is 8.47. The molecule has 0 bridgehead atoms. The maximum Gasteiger partial charge on any atom is 0.0695 e. The standard InChI is InChI=1S/C19H31NO/c1-14(2)13-20(15(3)4)18-12-17(10-11-19(18)21)16-8-6-5-7-9-16/h5-9,14-15,17-19,21H,10-13H2,1-4H3. The molecule has 2 rings (SSSR count). The molecule has 1 aliphatic rings. The van der Waals surface area contributed by atoms with Gasteiger partial charge in [-0.05, 0) is 50.5 Å². The second-order valence-corrected chi connectivity index (χ2v) is 7.24. The smallest absolute Gasteiger partial charge is 0.0695 e. The highest BCUT2D eigenvalue weighted by atomic mass is 16.3. The van der Waals surface area contributed by atoms with Crippen molar-refractivity contribution in [2.45, 2.75) is 71.1 Å². The minimum absolute atomic E-state index is 0.175. The summed E-state index contributed by atoms with van der Waals surface area (Å²) in [5.41, 5.74) is 1.43. The lowest BCUT2D eigenvalue weighted by Crippen LogP contribution is -2.51.